The Morgan fingerprint density at radius 3 is 2.10 bits per heavy atom. The van der Waals surface area contributed by atoms with Crippen LogP contribution in [0.3, 0.4) is 0 Å². The Morgan fingerprint density at radius 1 is 0.929 bits per heavy atom. The van der Waals surface area contributed by atoms with E-state index in [0.717, 1.165) is 37.1 Å². The molecular formula is C29H38F3N3O6S. The number of rotatable bonds is 8. The standard InChI is InChI=1S/C27H37N3O4S.C2HF3O2/c1-20-6-8-24(18-21(20)2)35(33,34)28-23-7-9-26(25(19-23)27(31)32)30-16-11-22(12-17-30)10-15-29-13-4-3-5-14-29;3-2(4,5)1(6)7/h6-9,18-19,22,28H,3-5,10-17H2,1-2H3,(H,31,32);(H,6,7). The number of sulfonamides is 1. The molecule has 13 heteroatoms. The summed E-state index contributed by atoms with van der Waals surface area (Å²) in [5.74, 6) is -3.14. The molecule has 9 nitrogen and oxygen atoms in total. The summed E-state index contributed by atoms with van der Waals surface area (Å²) >= 11 is 0. The number of halogens is 3. The summed E-state index contributed by atoms with van der Waals surface area (Å²) in [5, 5.41) is 17.0. The van der Waals surface area contributed by atoms with Crippen LogP contribution in [0.4, 0.5) is 24.5 Å². The first-order valence-electron chi connectivity index (χ1n) is 13.9. The number of aromatic carboxylic acids is 1. The van der Waals surface area contributed by atoms with Crippen LogP contribution < -0.4 is 9.62 Å². The first kappa shape index (κ1) is 33.2. The van der Waals surface area contributed by atoms with Gasteiger partial charge in [-0.25, -0.2) is 18.0 Å². The highest BCUT2D eigenvalue weighted by Crippen LogP contribution is 2.31. The molecule has 2 aromatic carbocycles. The second-order valence-corrected chi connectivity index (χ2v) is 12.5. The number of carboxylic acid groups (broad SMARTS) is 2. The Balaban J connectivity index is 0.000000616. The topological polar surface area (TPSA) is 127 Å². The summed E-state index contributed by atoms with van der Waals surface area (Å²) in [6, 6.07) is 9.77. The minimum absolute atomic E-state index is 0.122. The van der Waals surface area contributed by atoms with Crippen molar-refractivity contribution >= 4 is 33.3 Å². The second-order valence-electron chi connectivity index (χ2n) is 10.8. The van der Waals surface area contributed by atoms with E-state index in [4.69, 9.17) is 9.90 Å². The van der Waals surface area contributed by atoms with Crippen LogP contribution in [0.15, 0.2) is 41.3 Å². The molecule has 0 atom stereocenters. The van der Waals surface area contributed by atoms with Crippen molar-refractivity contribution in [1.29, 1.82) is 0 Å². The van der Waals surface area contributed by atoms with Crippen molar-refractivity contribution in [2.75, 3.05) is 42.3 Å². The lowest BCUT2D eigenvalue weighted by molar-refractivity contribution is -0.192. The van der Waals surface area contributed by atoms with Crippen LogP contribution in [0.1, 0.15) is 60.0 Å². The molecule has 0 bridgehead atoms. The summed E-state index contributed by atoms with van der Waals surface area (Å²) in [6.45, 7) is 9.04. The fourth-order valence-electron chi connectivity index (χ4n) is 5.15. The SMILES string of the molecule is Cc1ccc(S(=O)(=O)Nc2ccc(N3CCC(CCN4CCCCC4)CC3)c(C(=O)O)c2)cc1C.O=C(O)C(F)(F)F. The summed E-state index contributed by atoms with van der Waals surface area (Å²) < 4.78 is 60.0. The molecule has 0 spiro atoms. The lowest BCUT2D eigenvalue weighted by atomic mass is 9.92. The van der Waals surface area contributed by atoms with Gasteiger partial charge in [0.25, 0.3) is 10.0 Å². The van der Waals surface area contributed by atoms with Gasteiger partial charge in [-0.1, -0.05) is 12.5 Å². The van der Waals surface area contributed by atoms with Crippen LogP contribution in [0.25, 0.3) is 0 Å². The highest BCUT2D eigenvalue weighted by Gasteiger charge is 2.38. The van der Waals surface area contributed by atoms with Gasteiger partial charge in [0.2, 0.25) is 0 Å². The number of aliphatic carboxylic acids is 1. The third-order valence-electron chi connectivity index (χ3n) is 7.77. The van der Waals surface area contributed by atoms with Gasteiger partial charge in [0.1, 0.15) is 0 Å². The first-order chi connectivity index (χ1) is 19.7. The predicted molar refractivity (Wildman–Crippen MR) is 154 cm³/mol. The largest absolute Gasteiger partial charge is 0.490 e. The zero-order valence-corrected chi connectivity index (χ0v) is 24.6. The Labute approximate surface area is 244 Å². The number of likely N-dealkylation sites (tertiary alicyclic amines) is 1. The summed E-state index contributed by atoms with van der Waals surface area (Å²) in [4.78, 5) is 25.8. The van der Waals surface area contributed by atoms with Crippen molar-refractivity contribution < 1.29 is 41.4 Å². The Morgan fingerprint density at radius 2 is 1.55 bits per heavy atom. The normalized spacial score (nSPS) is 16.8. The number of benzene rings is 2. The maximum atomic E-state index is 12.9. The van der Waals surface area contributed by atoms with E-state index in [2.05, 4.69) is 14.5 Å². The average Bonchev–Trinajstić information content (AvgIpc) is 2.94. The summed E-state index contributed by atoms with van der Waals surface area (Å²) in [7, 11) is -3.82. The Bertz CT molecular complexity index is 1350. The van der Waals surface area contributed by atoms with Gasteiger partial charge in [0, 0.05) is 18.8 Å². The number of anilines is 2. The summed E-state index contributed by atoms with van der Waals surface area (Å²) in [5.41, 5.74) is 2.92. The van der Waals surface area contributed by atoms with Crippen LogP contribution >= 0.6 is 0 Å². The molecule has 2 aromatic rings. The van der Waals surface area contributed by atoms with Gasteiger partial charge in [-0.15, -0.1) is 0 Å². The van der Waals surface area contributed by atoms with Crippen molar-refractivity contribution in [1.82, 2.24) is 4.90 Å². The van der Waals surface area contributed by atoms with Crippen molar-refractivity contribution in [2.45, 2.75) is 63.4 Å². The molecule has 3 N–H and O–H groups in total. The number of aryl methyl sites for hydroxylation is 2. The van der Waals surface area contributed by atoms with E-state index in [-0.39, 0.29) is 16.1 Å². The monoisotopic (exact) mass is 613 g/mol. The Kier molecular flexibility index (Phi) is 11.2. The number of nitrogens with one attached hydrogen (secondary N) is 1. The molecule has 2 fully saturated rings. The highest BCUT2D eigenvalue weighted by molar-refractivity contribution is 7.92. The van der Waals surface area contributed by atoms with Gasteiger partial charge in [0.15, 0.2) is 0 Å². The van der Waals surface area contributed by atoms with Crippen LogP contribution in [0.2, 0.25) is 0 Å². The highest BCUT2D eigenvalue weighted by atomic mass is 32.2. The van der Waals surface area contributed by atoms with E-state index < -0.39 is 28.1 Å². The van der Waals surface area contributed by atoms with E-state index in [1.165, 1.54) is 51.4 Å². The predicted octanol–water partition coefficient (Wildman–Crippen LogP) is 5.53. The molecular weight excluding hydrogens is 575 g/mol. The lowest BCUT2D eigenvalue weighted by Gasteiger charge is -2.35. The quantitative estimate of drug-likeness (QED) is 0.355. The van der Waals surface area contributed by atoms with E-state index in [1.807, 2.05) is 13.8 Å². The Hall–Kier alpha value is -3.32. The number of alkyl halides is 3. The van der Waals surface area contributed by atoms with Gasteiger partial charge < -0.3 is 20.0 Å². The molecule has 2 aliphatic heterocycles. The summed E-state index contributed by atoms with van der Waals surface area (Å²) in [6.07, 6.45) is 2.20. The van der Waals surface area contributed by atoms with Gasteiger partial charge in [-0.05, 0) is 113 Å². The zero-order chi connectivity index (χ0) is 31.1. The van der Waals surface area contributed by atoms with E-state index in [9.17, 15) is 31.5 Å². The maximum Gasteiger partial charge on any atom is 0.490 e. The minimum atomic E-state index is -5.08. The fraction of sp³-hybridized carbons (Fsp3) is 0.517. The molecule has 0 amide bonds. The van der Waals surface area contributed by atoms with Gasteiger partial charge in [-0.3, -0.25) is 4.72 Å². The van der Waals surface area contributed by atoms with Crippen LogP contribution in [-0.4, -0.2) is 74.4 Å². The molecule has 2 aliphatic rings. The van der Waals surface area contributed by atoms with Gasteiger partial charge in [0.05, 0.1) is 16.1 Å². The molecule has 2 heterocycles. The second kappa shape index (κ2) is 14.2. The molecule has 0 unspecified atom stereocenters. The third-order valence-corrected chi connectivity index (χ3v) is 9.15. The van der Waals surface area contributed by atoms with Crippen LogP contribution in [0, 0.1) is 19.8 Å². The van der Waals surface area contributed by atoms with E-state index in [1.54, 1.807) is 30.3 Å². The number of piperidine rings is 2. The zero-order valence-electron chi connectivity index (χ0n) is 23.8. The average molecular weight is 614 g/mol. The molecule has 0 aromatic heterocycles. The van der Waals surface area contributed by atoms with Crippen molar-refractivity contribution in [3.05, 3.63) is 53.1 Å². The third kappa shape index (κ3) is 9.35. The number of carboxylic acids is 2. The molecule has 2 saturated heterocycles. The molecule has 4 rings (SSSR count). The van der Waals surface area contributed by atoms with E-state index >= 15 is 0 Å². The molecule has 42 heavy (non-hydrogen) atoms. The maximum absolute atomic E-state index is 12.9. The number of nitrogens with zero attached hydrogens (tertiary/aromatic N) is 2. The smallest absolute Gasteiger partial charge is 0.478 e. The number of hydrogen-bond acceptors (Lipinski definition) is 6. The minimum Gasteiger partial charge on any atom is -0.478 e. The van der Waals surface area contributed by atoms with Crippen molar-refractivity contribution in [3.63, 3.8) is 0 Å². The van der Waals surface area contributed by atoms with Crippen LogP contribution in [0.5, 0.6) is 0 Å². The lowest BCUT2D eigenvalue weighted by Crippen LogP contribution is -2.37. The molecule has 0 saturated carbocycles. The van der Waals surface area contributed by atoms with Gasteiger partial charge >= 0.3 is 18.1 Å². The molecule has 0 aliphatic carbocycles. The molecule has 232 valence electrons. The van der Waals surface area contributed by atoms with E-state index in [0.29, 0.717) is 11.6 Å². The molecule has 0 radical (unpaired) electrons. The van der Waals surface area contributed by atoms with Crippen LogP contribution in [-0.2, 0) is 14.8 Å². The fourth-order valence-corrected chi connectivity index (χ4v) is 6.29. The van der Waals surface area contributed by atoms with Crippen molar-refractivity contribution in [2.24, 2.45) is 5.92 Å². The first-order valence-corrected chi connectivity index (χ1v) is 15.4. The van der Waals surface area contributed by atoms with Gasteiger partial charge in [-0.2, -0.15) is 13.2 Å². The number of carbonyl (C=O) groups is 2. The van der Waals surface area contributed by atoms with Crippen molar-refractivity contribution in [3.8, 4) is 0 Å². The number of hydrogen-bond donors (Lipinski definition) is 3.